The summed E-state index contributed by atoms with van der Waals surface area (Å²) < 4.78 is 6.58. The quantitative estimate of drug-likeness (QED) is 0.511. The van der Waals surface area contributed by atoms with Crippen LogP contribution in [0.3, 0.4) is 0 Å². The largest absolute Gasteiger partial charge is 0.462 e. The number of hydrogen-bond donors (Lipinski definition) is 1. The third kappa shape index (κ3) is 3.72. The highest BCUT2D eigenvalue weighted by Gasteiger charge is 2.17. The molecule has 30 heavy (non-hydrogen) atoms. The van der Waals surface area contributed by atoms with E-state index in [2.05, 4.69) is 25.4 Å². The molecule has 0 radical (unpaired) electrons. The molecular weight excluding hydrogens is 384 g/mol. The Morgan fingerprint density at radius 2 is 1.93 bits per heavy atom. The standard InChI is InChI=1S/C21H18N6O3/c1-3-30-21(29)15-8-17(13(2)23-9-15)26-20(28)16-10-25-27-12-18(24-11-19(16)27)14-4-6-22-7-5-14/h4-12H,3H2,1-2H3,(H,26,28). The number of carbonyl (C=O) groups excluding carboxylic acids is 2. The zero-order valence-corrected chi connectivity index (χ0v) is 16.4. The number of aryl methyl sites for hydroxylation is 1. The summed E-state index contributed by atoms with van der Waals surface area (Å²) >= 11 is 0. The summed E-state index contributed by atoms with van der Waals surface area (Å²) in [5.74, 6) is -0.876. The van der Waals surface area contributed by atoms with Gasteiger partial charge in [-0.15, -0.1) is 0 Å². The number of hydrogen-bond acceptors (Lipinski definition) is 7. The minimum absolute atomic E-state index is 0.255. The summed E-state index contributed by atoms with van der Waals surface area (Å²) in [5.41, 5.74) is 3.77. The Hall–Kier alpha value is -4.14. The highest BCUT2D eigenvalue weighted by molar-refractivity contribution is 6.09. The van der Waals surface area contributed by atoms with Crippen LogP contribution in [0.2, 0.25) is 0 Å². The SMILES string of the molecule is CCOC(=O)c1cnc(C)c(NC(=O)c2cnn3cc(-c4ccncc4)ncc23)c1. The molecule has 4 aromatic heterocycles. The summed E-state index contributed by atoms with van der Waals surface area (Å²) in [6.45, 7) is 3.72. The summed E-state index contributed by atoms with van der Waals surface area (Å²) in [7, 11) is 0. The second kappa shape index (κ2) is 8.08. The summed E-state index contributed by atoms with van der Waals surface area (Å²) in [4.78, 5) is 37.4. The molecule has 9 nitrogen and oxygen atoms in total. The third-order valence-corrected chi connectivity index (χ3v) is 4.47. The lowest BCUT2D eigenvalue weighted by Crippen LogP contribution is -2.14. The maximum Gasteiger partial charge on any atom is 0.339 e. The Labute approximate surface area is 171 Å². The monoisotopic (exact) mass is 402 g/mol. The number of fused-ring (bicyclic) bond motifs is 1. The summed E-state index contributed by atoms with van der Waals surface area (Å²) in [5, 5.41) is 7.06. The molecule has 0 aliphatic rings. The first-order valence-electron chi connectivity index (χ1n) is 9.25. The molecule has 0 atom stereocenters. The van der Waals surface area contributed by atoms with E-state index in [1.54, 1.807) is 49.2 Å². The van der Waals surface area contributed by atoms with Crippen LogP contribution in [0.4, 0.5) is 5.69 Å². The number of aromatic nitrogens is 5. The molecule has 0 unspecified atom stereocenters. The molecule has 1 amide bonds. The molecule has 0 aromatic carbocycles. The molecule has 4 heterocycles. The third-order valence-electron chi connectivity index (χ3n) is 4.47. The fraction of sp³-hybridized carbons (Fsp3) is 0.143. The van der Waals surface area contributed by atoms with Crippen LogP contribution in [-0.2, 0) is 4.74 Å². The van der Waals surface area contributed by atoms with E-state index in [0.717, 1.165) is 5.56 Å². The molecule has 0 fully saturated rings. The van der Waals surface area contributed by atoms with E-state index in [1.165, 1.54) is 12.4 Å². The van der Waals surface area contributed by atoms with Gasteiger partial charge in [-0.25, -0.2) is 9.31 Å². The van der Waals surface area contributed by atoms with Crippen molar-refractivity contribution < 1.29 is 14.3 Å². The van der Waals surface area contributed by atoms with Gasteiger partial charge in [-0.2, -0.15) is 5.10 Å². The number of ether oxygens (including phenoxy) is 1. The van der Waals surface area contributed by atoms with Gasteiger partial charge in [-0.05, 0) is 32.0 Å². The first kappa shape index (κ1) is 19.2. The van der Waals surface area contributed by atoms with E-state index in [-0.39, 0.29) is 18.1 Å². The Kier molecular flexibility index (Phi) is 5.17. The van der Waals surface area contributed by atoms with Gasteiger partial charge in [0.2, 0.25) is 0 Å². The van der Waals surface area contributed by atoms with Crippen molar-refractivity contribution in [2.45, 2.75) is 13.8 Å². The predicted molar refractivity (Wildman–Crippen MR) is 109 cm³/mol. The number of amides is 1. The molecule has 0 aliphatic heterocycles. The average Bonchev–Trinajstić information content (AvgIpc) is 3.19. The molecular formula is C21H18N6O3. The first-order valence-corrected chi connectivity index (χ1v) is 9.25. The van der Waals surface area contributed by atoms with E-state index in [4.69, 9.17) is 4.74 Å². The maximum atomic E-state index is 12.9. The second-order valence-corrected chi connectivity index (χ2v) is 6.43. The van der Waals surface area contributed by atoms with Gasteiger partial charge < -0.3 is 10.1 Å². The number of rotatable bonds is 5. The minimum atomic E-state index is -0.496. The van der Waals surface area contributed by atoms with Crippen molar-refractivity contribution in [3.63, 3.8) is 0 Å². The van der Waals surface area contributed by atoms with E-state index in [0.29, 0.717) is 28.2 Å². The number of nitrogens with one attached hydrogen (secondary N) is 1. The highest BCUT2D eigenvalue weighted by atomic mass is 16.5. The van der Waals surface area contributed by atoms with Gasteiger partial charge in [0.25, 0.3) is 5.91 Å². The van der Waals surface area contributed by atoms with Gasteiger partial charge in [0.1, 0.15) is 0 Å². The average molecular weight is 402 g/mol. The number of nitrogens with zero attached hydrogens (tertiary/aromatic N) is 5. The van der Waals surface area contributed by atoms with Gasteiger partial charge >= 0.3 is 5.97 Å². The normalized spacial score (nSPS) is 10.7. The molecule has 0 saturated heterocycles. The van der Waals surface area contributed by atoms with Gasteiger partial charge in [0, 0.05) is 24.2 Å². The lowest BCUT2D eigenvalue weighted by atomic mass is 10.2. The maximum absolute atomic E-state index is 12.9. The van der Waals surface area contributed by atoms with Gasteiger partial charge in [0.05, 0.1) is 58.9 Å². The second-order valence-electron chi connectivity index (χ2n) is 6.43. The number of anilines is 1. The van der Waals surface area contributed by atoms with Crippen molar-refractivity contribution in [3.8, 4) is 11.3 Å². The number of carbonyl (C=O) groups is 2. The molecule has 9 heteroatoms. The molecule has 150 valence electrons. The van der Waals surface area contributed by atoms with E-state index in [1.807, 2.05) is 12.1 Å². The van der Waals surface area contributed by atoms with E-state index in [9.17, 15) is 9.59 Å². The van der Waals surface area contributed by atoms with Crippen molar-refractivity contribution in [1.82, 2.24) is 24.6 Å². The van der Waals surface area contributed by atoms with Gasteiger partial charge in [0.15, 0.2) is 0 Å². The van der Waals surface area contributed by atoms with Crippen LogP contribution < -0.4 is 5.32 Å². The van der Waals surface area contributed by atoms with Crippen LogP contribution in [-0.4, -0.2) is 43.0 Å². The summed E-state index contributed by atoms with van der Waals surface area (Å²) in [6, 6.07) is 5.24. The van der Waals surface area contributed by atoms with Crippen LogP contribution >= 0.6 is 0 Å². The van der Waals surface area contributed by atoms with Gasteiger partial charge in [-0.3, -0.25) is 19.7 Å². The fourth-order valence-corrected chi connectivity index (χ4v) is 2.91. The minimum Gasteiger partial charge on any atom is -0.462 e. The van der Waals surface area contributed by atoms with Gasteiger partial charge in [-0.1, -0.05) is 0 Å². The Bertz CT molecular complexity index is 1240. The molecule has 0 saturated carbocycles. The molecule has 0 spiro atoms. The van der Waals surface area contributed by atoms with Crippen molar-refractivity contribution in [2.75, 3.05) is 11.9 Å². The molecule has 1 N–H and O–H groups in total. The van der Waals surface area contributed by atoms with Crippen molar-refractivity contribution in [3.05, 3.63) is 72.2 Å². The van der Waals surface area contributed by atoms with Crippen molar-refractivity contribution in [2.24, 2.45) is 0 Å². The highest BCUT2D eigenvalue weighted by Crippen LogP contribution is 2.20. The number of esters is 1. The van der Waals surface area contributed by atoms with Crippen molar-refractivity contribution in [1.29, 1.82) is 0 Å². The zero-order chi connectivity index (χ0) is 21.1. The lowest BCUT2D eigenvalue weighted by Gasteiger charge is -2.09. The Morgan fingerprint density at radius 3 is 2.70 bits per heavy atom. The first-order chi connectivity index (χ1) is 14.6. The smallest absolute Gasteiger partial charge is 0.339 e. The van der Waals surface area contributed by atoms with Crippen LogP contribution in [0.25, 0.3) is 16.8 Å². The fourth-order valence-electron chi connectivity index (χ4n) is 2.91. The predicted octanol–water partition coefficient (Wildman–Crippen LogP) is 2.92. The van der Waals surface area contributed by atoms with Crippen molar-refractivity contribution >= 4 is 23.1 Å². The molecule has 0 aliphatic carbocycles. The van der Waals surface area contributed by atoms with Crippen LogP contribution in [0, 0.1) is 6.92 Å². The topological polar surface area (TPSA) is 111 Å². The molecule has 4 aromatic rings. The molecule has 4 rings (SSSR count). The lowest BCUT2D eigenvalue weighted by molar-refractivity contribution is 0.0525. The Morgan fingerprint density at radius 1 is 1.13 bits per heavy atom. The van der Waals surface area contributed by atoms with Crippen LogP contribution in [0.5, 0.6) is 0 Å². The summed E-state index contributed by atoms with van der Waals surface area (Å²) in [6.07, 6.45) is 9.60. The van der Waals surface area contributed by atoms with Crippen LogP contribution in [0.1, 0.15) is 33.3 Å². The number of pyridine rings is 2. The molecule has 0 bridgehead atoms. The van der Waals surface area contributed by atoms with E-state index < -0.39 is 5.97 Å². The zero-order valence-electron chi connectivity index (χ0n) is 16.4. The van der Waals surface area contributed by atoms with Crippen LogP contribution in [0.15, 0.2) is 55.4 Å². The Balaban J connectivity index is 1.61. The van der Waals surface area contributed by atoms with E-state index >= 15 is 0 Å².